The van der Waals surface area contributed by atoms with E-state index < -0.39 is 29.8 Å². The normalized spacial score (nSPS) is 20.5. The molecule has 8 nitrogen and oxygen atoms in total. The van der Waals surface area contributed by atoms with E-state index in [2.05, 4.69) is 10.1 Å². The number of methoxy groups -OCH3 is 1. The molecule has 2 fully saturated rings. The number of benzene rings is 1. The maximum atomic E-state index is 14.6. The van der Waals surface area contributed by atoms with E-state index in [1.807, 2.05) is 0 Å². The second-order valence-corrected chi connectivity index (χ2v) is 5.85. The average molecular weight is 369 g/mol. The zero-order valence-corrected chi connectivity index (χ0v) is 14.0. The number of carbonyl (C=O) groups is 3. The molecule has 0 radical (unpaired) electrons. The molecular weight excluding hydrogens is 352 g/mol. The quantitative estimate of drug-likeness (QED) is 0.793. The van der Waals surface area contributed by atoms with E-state index in [-0.39, 0.29) is 49.9 Å². The lowest BCUT2D eigenvalue weighted by Crippen LogP contribution is -2.31. The Morgan fingerprint density at radius 1 is 1.27 bits per heavy atom. The van der Waals surface area contributed by atoms with E-state index in [0.29, 0.717) is 0 Å². The molecule has 1 aromatic rings. The van der Waals surface area contributed by atoms with E-state index in [1.165, 1.54) is 4.90 Å². The van der Waals surface area contributed by atoms with E-state index in [0.717, 1.165) is 24.1 Å². The summed E-state index contributed by atoms with van der Waals surface area (Å²) in [6, 6.07) is 2.00. The van der Waals surface area contributed by atoms with Crippen molar-refractivity contribution in [1.29, 1.82) is 0 Å². The van der Waals surface area contributed by atoms with Crippen molar-refractivity contribution in [2.45, 2.75) is 12.5 Å². The van der Waals surface area contributed by atoms with Crippen molar-refractivity contribution in [2.75, 3.05) is 43.1 Å². The molecule has 0 aromatic heterocycles. The Bertz CT molecular complexity index is 734. The molecular formula is C16H17F2N3O5. The lowest BCUT2D eigenvalue weighted by atomic mass is 10.2. The van der Waals surface area contributed by atoms with E-state index in [4.69, 9.17) is 4.74 Å². The van der Waals surface area contributed by atoms with E-state index in [9.17, 15) is 23.2 Å². The van der Waals surface area contributed by atoms with Crippen LogP contribution >= 0.6 is 0 Å². The van der Waals surface area contributed by atoms with Gasteiger partial charge < -0.3 is 19.7 Å². The number of hydrogen-bond acceptors (Lipinski definition) is 6. The van der Waals surface area contributed by atoms with Crippen molar-refractivity contribution in [3.05, 3.63) is 23.8 Å². The number of carbonyl (C=O) groups excluding carboxylic acids is 3. The molecule has 1 N–H and O–H groups in total. The number of nitrogens with zero attached hydrogens (tertiary/aromatic N) is 2. The van der Waals surface area contributed by atoms with Gasteiger partial charge in [0.25, 0.3) is 0 Å². The monoisotopic (exact) mass is 369 g/mol. The first-order valence-corrected chi connectivity index (χ1v) is 7.97. The first-order valence-electron chi connectivity index (χ1n) is 7.97. The fourth-order valence-corrected chi connectivity index (χ4v) is 2.93. The molecule has 1 atom stereocenters. The van der Waals surface area contributed by atoms with Crippen LogP contribution in [0.15, 0.2) is 12.1 Å². The molecule has 10 heteroatoms. The van der Waals surface area contributed by atoms with Gasteiger partial charge in [0.2, 0.25) is 12.0 Å². The molecule has 3 rings (SSSR count). The molecule has 2 aliphatic rings. The van der Waals surface area contributed by atoms with Gasteiger partial charge in [-0.15, -0.1) is 0 Å². The second kappa shape index (κ2) is 7.14. The van der Waals surface area contributed by atoms with Crippen LogP contribution < -0.4 is 15.1 Å². The molecule has 2 aliphatic heterocycles. The molecule has 140 valence electrons. The molecule has 26 heavy (non-hydrogen) atoms. The topological polar surface area (TPSA) is 88.2 Å². The summed E-state index contributed by atoms with van der Waals surface area (Å²) in [4.78, 5) is 37.2. The highest BCUT2D eigenvalue weighted by molar-refractivity contribution is 5.94. The highest BCUT2D eigenvalue weighted by Gasteiger charge is 2.38. The summed E-state index contributed by atoms with van der Waals surface area (Å²) in [7, 11) is 1.15. The summed E-state index contributed by atoms with van der Waals surface area (Å²) < 4.78 is 38.5. The maximum Gasteiger partial charge on any atom is 0.415 e. The molecule has 2 heterocycles. The Labute approximate surface area is 147 Å². The lowest BCUT2D eigenvalue weighted by molar-refractivity contribution is -0.148. The molecule has 0 unspecified atom stereocenters. The van der Waals surface area contributed by atoms with Crippen molar-refractivity contribution in [2.24, 2.45) is 0 Å². The summed E-state index contributed by atoms with van der Waals surface area (Å²) in [5, 5.41) is 2.63. The summed E-state index contributed by atoms with van der Waals surface area (Å²) in [5.74, 6) is -2.67. The number of anilines is 2. The Hall–Kier alpha value is -2.91. The number of ether oxygens (including phenoxy) is 2. The highest BCUT2D eigenvalue weighted by Crippen LogP contribution is 2.31. The number of halogens is 2. The summed E-state index contributed by atoms with van der Waals surface area (Å²) in [6.45, 7) is 0.509. The van der Waals surface area contributed by atoms with Crippen molar-refractivity contribution >= 4 is 29.3 Å². The molecule has 2 amide bonds. The van der Waals surface area contributed by atoms with Gasteiger partial charge in [-0.05, 0) is 0 Å². The minimum atomic E-state index is -1.15. The van der Waals surface area contributed by atoms with Gasteiger partial charge in [0.1, 0.15) is 5.69 Å². The number of rotatable bonds is 3. The van der Waals surface area contributed by atoms with Crippen LogP contribution in [0.5, 0.6) is 0 Å². The number of esters is 1. The van der Waals surface area contributed by atoms with Crippen molar-refractivity contribution < 1.29 is 32.6 Å². The van der Waals surface area contributed by atoms with Crippen LogP contribution in [0.2, 0.25) is 0 Å². The van der Waals surface area contributed by atoms with Crippen LogP contribution in [0.1, 0.15) is 6.42 Å². The zero-order valence-electron chi connectivity index (χ0n) is 14.0. The Kier molecular flexibility index (Phi) is 4.92. The Balaban J connectivity index is 1.84. The molecule has 0 aliphatic carbocycles. The maximum absolute atomic E-state index is 14.6. The fourth-order valence-electron chi connectivity index (χ4n) is 2.93. The van der Waals surface area contributed by atoms with Crippen LogP contribution in [0, 0.1) is 11.6 Å². The third-order valence-electron chi connectivity index (χ3n) is 4.22. The Morgan fingerprint density at radius 2 is 1.96 bits per heavy atom. The lowest BCUT2D eigenvalue weighted by Gasteiger charge is -2.24. The van der Waals surface area contributed by atoms with Gasteiger partial charge in [0.15, 0.2) is 11.6 Å². The van der Waals surface area contributed by atoms with Crippen LogP contribution in [0.4, 0.5) is 25.0 Å². The van der Waals surface area contributed by atoms with Gasteiger partial charge in [-0.25, -0.2) is 18.4 Å². The second-order valence-electron chi connectivity index (χ2n) is 5.85. The van der Waals surface area contributed by atoms with Crippen molar-refractivity contribution in [3.8, 4) is 0 Å². The fraction of sp³-hybridized carbons (Fsp3) is 0.438. The smallest absolute Gasteiger partial charge is 0.415 e. The number of amides is 2. The summed E-state index contributed by atoms with van der Waals surface area (Å²) >= 11 is 0. The van der Waals surface area contributed by atoms with Crippen LogP contribution in [0.3, 0.4) is 0 Å². The molecule has 0 spiro atoms. The minimum Gasteiger partial charge on any atom is -0.466 e. The van der Waals surface area contributed by atoms with Gasteiger partial charge in [0, 0.05) is 38.2 Å². The molecule has 0 saturated carbocycles. The number of nitrogens with one attached hydrogen (secondary N) is 1. The predicted molar refractivity (Wildman–Crippen MR) is 85.8 cm³/mol. The van der Waals surface area contributed by atoms with Crippen LogP contribution in [0.25, 0.3) is 0 Å². The number of cyclic esters (lactones) is 1. The van der Waals surface area contributed by atoms with Crippen LogP contribution in [-0.2, 0) is 19.1 Å². The number of hydrogen-bond donors (Lipinski definition) is 1. The Morgan fingerprint density at radius 3 is 2.62 bits per heavy atom. The third-order valence-corrected chi connectivity index (χ3v) is 4.22. The predicted octanol–water partition coefficient (Wildman–Crippen LogP) is 0.789. The van der Waals surface area contributed by atoms with Crippen molar-refractivity contribution in [1.82, 2.24) is 5.32 Å². The third kappa shape index (κ3) is 3.39. The van der Waals surface area contributed by atoms with Gasteiger partial charge in [-0.2, -0.15) is 0 Å². The molecule has 1 aromatic carbocycles. The molecule has 2 saturated heterocycles. The zero-order chi connectivity index (χ0) is 18.8. The summed E-state index contributed by atoms with van der Waals surface area (Å²) in [5.41, 5.74) is -0.327. The minimum absolute atomic E-state index is 0.0656. The van der Waals surface area contributed by atoms with Gasteiger partial charge in [-0.1, -0.05) is 0 Å². The largest absolute Gasteiger partial charge is 0.466 e. The highest BCUT2D eigenvalue weighted by atomic mass is 19.1. The van der Waals surface area contributed by atoms with E-state index in [1.54, 1.807) is 0 Å². The average Bonchev–Trinajstić information content (AvgIpc) is 2.86. The summed E-state index contributed by atoms with van der Waals surface area (Å²) in [6.07, 6.45) is -1.92. The standard InChI is InChI=1S/C16H17F2N3O5/c1-25-15(23)12-8-21(16(24)26-12)9-6-10(17)14(11(18)7-9)20-4-2-13(22)19-3-5-20/h6-7,12H,2-5,8H2,1H3,(H,19,22)/t12-/m1/s1. The SMILES string of the molecule is COC(=O)[C@H]1CN(c2cc(F)c(N3CCNC(=O)CC3)c(F)c2)C(=O)O1. The first kappa shape index (κ1) is 17.9. The van der Waals surface area contributed by atoms with Gasteiger partial charge >= 0.3 is 12.1 Å². The first-order chi connectivity index (χ1) is 12.4. The van der Waals surface area contributed by atoms with Crippen molar-refractivity contribution in [3.63, 3.8) is 0 Å². The van der Waals surface area contributed by atoms with E-state index >= 15 is 0 Å². The molecule has 0 bridgehead atoms. The van der Waals surface area contributed by atoms with Gasteiger partial charge in [-0.3, -0.25) is 9.69 Å². The van der Waals surface area contributed by atoms with Gasteiger partial charge in [0.05, 0.1) is 19.3 Å². The van der Waals surface area contributed by atoms with Crippen LogP contribution in [-0.4, -0.2) is 57.4 Å².